The molecule has 0 heterocycles. The number of aliphatic carboxylic acids is 1. The van der Waals surface area contributed by atoms with Crippen LogP contribution in [0.2, 0.25) is 0 Å². The monoisotopic (exact) mass is 841 g/mol. The van der Waals surface area contributed by atoms with Crippen LogP contribution >= 0.6 is 0 Å². The first kappa shape index (κ1) is 56.8. The molecule has 8 heteroatoms. The first-order valence-corrected chi connectivity index (χ1v) is 24.0. The number of carboxylic acids is 1. The van der Waals surface area contributed by atoms with Gasteiger partial charge in [-0.1, -0.05) is 164 Å². The highest BCUT2D eigenvalue weighted by molar-refractivity contribution is 5.72. The van der Waals surface area contributed by atoms with E-state index in [0.29, 0.717) is 19.3 Å². The van der Waals surface area contributed by atoms with Gasteiger partial charge in [0, 0.05) is 19.3 Å². The molecule has 0 fully saturated rings. The molecule has 0 spiro atoms. The molecule has 2 atom stereocenters. The summed E-state index contributed by atoms with van der Waals surface area (Å²) < 4.78 is 17.3. The van der Waals surface area contributed by atoms with Gasteiger partial charge >= 0.3 is 17.9 Å². The number of likely N-dealkylation sites (N-methyl/N-ethyl adjacent to an activating group) is 1. The summed E-state index contributed by atoms with van der Waals surface area (Å²) >= 11 is 0. The van der Waals surface area contributed by atoms with Crippen molar-refractivity contribution in [2.45, 2.75) is 199 Å². The second-order valence-corrected chi connectivity index (χ2v) is 17.0. The third kappa shape index (κ3) is 40.2. The summed E-state index contributed by atoms with van der Waals surface area (Å²) in [6, 6.07) is -0.620. The van der Waals surface area contributed by atoms with Crippen molar-refractivity contribution in [1.82, 2.24) is 0 Å². The zero-order valence-corrected chi connectivity index (χ0v) is 39.1. The van der Waals surface area contributed by atoms with E-state index >= 15 is 0 Å². The van der Waals surface area contributed by atoms with Gasteiger partial charge in [-0.15, -0.1) is 0 Å². The Kier molecular flexibility index (Phi) is 40.2. The van der Waals surface area contributed by atoms with E-state index in [1.54, 1.807) is 0 Å². The van der Waals surface area contributed by atoms with Gasteiger partial charge in [-0.25, -0.2) is 4.79 Å². The maximum absolute atomic E-state index is 12.8. The van der Waals surface area contributed by atoms with Crippen molar-refractivity contribution in [3.8, 4) is 0 Å². The van der Waals surface area contributed by atoms with Gasteiger partial charge in [-0.05, 0) is 77.0 Å². The van der Waals surface area contributed by atoms with Crippen LogP contribution < -0.4 is 0 Å². The Bertz CT molecular complexity index is 1210. The highest BCUT2D eigenvalue weighted by atomic mass is 16.6. The van der Waals surface area contributed by atoms with E-state index < -0.39 is 18.1 Å². The number of ether oxygens (including phenoxy) is 3. The Balaban J connectivity index is 4.29. The van der Waals surface area contributed by atoms with Crippen molar-refractivity contribution < 1.29 is 38.2 Å². The lowest BCUT2D eigenvalue weighted by Gasteiger charge is -2.31. The number of nitrogens with zero attached hydrogens (tertiary/aromatic N) is 1. The van der Waals surface area contributed by atoms with Crippen LogP contribution in [-0.2, 0) is 28.6 Å². The zero-order chi connectivity index (χ0) is 44.2. The van der Waals surface area contributed by atoms with Crippen molar-refractivity contribution >= 4 is 17.9 Å². The summed E-state index contributed by atoms with van der Waals surface area (Å²) in [7, 11) is 5.52. The van der Waals surface area contributed by atoms with Crippen molar-refractivity contribution in [2.24, 2.45) is 0 Å². The van der Waals surface area contributed by atoms with Crippen LogP contribution in [-0.4, -0.2) is 80.6 Å². The van der Waals surface area contributed by atoms with Crippen LogP contribution in [0.3, 0.4) is 0 Å². The molecule has 0 bridgehead atoms. The van der Waals surface area contributed by atoms with Crippen LogP contribution in [0.4, 0.5) is 0 Å². The molecule has 0 saturated carbocycles. The van der Waals surface area contributed by atoms with Gasteiger partial charge in [0.1, 0.15) is 6.61 Å². The van der Waals surface area contributed by atoms with Gasteiger partial charge in [0.2, 0.25) is 0 Å². The number of carbonyl (C=O) groups is 3. The molecule has 0 aromatic rings. The number of quaternary nitrogens is 1. The van der Waals surface area contributed by atoms with E-state index in [0.717, 1.165) is 89.9 Å². The highest BCUT2D eigenvalue weighted by Crippen LogP contribution is 2.14. The first-order valence-electron chi connectivity index (χ1n) is 24.0. The van der Waals surface area contributed by atoms with Crippen molar-refractivity contribution in [3.05, 3.63) is 72.9 Å². The Labute approximate surface area is 368 Å². The second-order valence-electron chi connectivity index (χ2n) is 17.0. The molecule has 0 aromatic heterocycles. The second kappa shape index (κ2) is 42.5. The molecule has 2 unspecified atom stereocenters. The molecule has 0 amide bonds. The predicted molar refractivity (Wildman–Crippen MR) is 252 cm³/mol. The Morgan fingerprint density at radius 3 is 1.30 bits per heavy atom. The Morgan fingerprint density at radius 2 is 0.883 bits per heavy atom. The normalized spacial score (nSPS) is 13.6. The molecule has 344 valence electrons. The van der Waals surface area contributed by atoms with Gasteiger partial charge < -0.3 is 23.8 Å². The van der Waals surface area contributed by atoms with Crippen LogP contribution in [0, 0.1) is 0 Å². The zero-order valence-electron chi connectivity index (χ0n) is 39.1. The lowest BCUT2D eigenvalue weighted by Crippen LogP contribution is -2.50. The predicted octanol–water partition coefficient (Wildman–Crippen LogP) is 13.5. The highest BCUT2D eigenvalue weighted by Gasteiger charge is 2.31. The lowest BCUT2D eigenvalue weighted by atomic mass is 10.1. The summed E-state index contributed by atoms with van der Waals surface area (Å²) in [5, 5.41) is 9.64. The molecule has 0 aliphatic rings. The lowest BCUT2D eigenvalue weighted by molar-refractivity contribution is -0.887. The quantitative estimate of drug-likeness (QED) is 0.0283. The molecule has 1 N–H and O–H groups in total. The number of unbranched alkanes of at least 4 members (excludes halogenated alkanes) is 16. The molecule has 0 aromatic carbocycles. The SMILES string of the molecule is CC/C=C/C/C=C/C/C=C/C/C=C/CCCCCCCCCCCC(=O)OC(COCCC(C(=O)O)[N+](C)(C)C)COC(=O)CCCCCCCCC/C=C/C/C=C/CC. The van der Waals surface area contributed by atoms with Crippen LogP contribution in [0.5, 0.6) is 0 Å². The molecule has 0 radical (unpaired) electrons. The molecule has 0 saturated heterocycles. The van der Waals surface area contributed by atoms with Gasteiger partial charge in [0.25, 0.3) is 0 Å². The van der Waals surface area contributed by atoms with Gasteiger partial charge in [-0.2, -0.15) is 0 Å². The van der Waals surface area contributed by atoms with Crippen molar-refractivity contribution in [2.75, 3.05) is 41.0 Å². The minimum absolute atomic E-state index is 0.0532. The van der Waals surface area contributed by atoms with Gasteiger partial charge in [0.05, 0.1) is 34.4 Å². The van der Waals surface area contributed by atoms with E-state index in [4.69, 9.17) is 14.2 Å². The summed E-state index contributed by atoms with van der Waals surface area (Å²) in [5.41, 5.74) is 0. The number of carbonyl (C=O) groups excluding carboxylic acids is 2. The fraction of sp³-hybridized carbons (Fsp3) is 0.712. The summed E-state index contributed by atoms with van der Waals surface area (Å²) in [6.45, 7) is 4.50. The fourth-order valence-electron chi connectivity index (χ4n) is 6.71. The van der Waals surface area contributed by atoms with Crippen LogP contribution in [0.15, 0.2) is 72.9 Å². The van der Waals surface area contributed by atoms with Crippen LogP contribution in [0.25, 0.3) is 0 Å². The first-order chi connectivity index (χ1) is 29.1. The van der Waals surface area contributed by atoms with Gasteiger partial charge in [0.15, 0.2) is 12.1 Å². The Morgan fingerprint density at radius 1 is 0.500 bits per heavy atom. The molecule has 0 aliphatic heterocycles. The summed E-state index contributed by atoms with van der Waals surface area (Å²) in [5.74, 6) is -1.49. The number of esters is 2. The van der Waals surface area contributed by atoms with Crippen molar-refractivity contribution in [1.29, 1.82) is 0 Å². The van der Waals surface area contributed by atoms with E-state index in [-0.39, 0.29) is 36.2 Å². The number of carboxylic acid groups (broad SMARTS) is 1. The maximum atomic E-state index is 12.8. The minimum Gasteiger partial charge on any atom is -0.477 e. The molecule has 8 nitrogen and oxygen atoms in total. The maximum Gasteiger partial charge on any atom is 0.362 e. The van der Waals surface area contributed by atoms with E-state index in [2.05, 4.69) is 86.8 Å². The van der Waals surface area contributed by atoms with Crippen LogP contribution in [0.1, 0.15) is 187 Å². The third-order valence-corrected chi connectivity index (χ3v) is 10.4. The molecule has 60 heavy (non-hydrogen) atoms. The molecule has 0 aliphatic carbocycles. The van der Waals surface area contributed by atoms with E-state index in [1.807, 2.05) is 21.1 Å². The largest absolute Gasteiger partial charge is 0.477 e. The van der Waals surface area contributed by atoms with E-state index in [1.165, 1.54) is 64.2 Å². The van der Waals surface area contributed by atoms with Crippen molar-refractivity contribution in [3.63, 3.8) is 0 Å². The molecular weight excluding hydrogens is 751 g/mol. The minimum atomic E-state index is -0.879. The number of hydrogen-bond donors (Lipinski definition) is 1. The van der Waals surface area contributed by atoms with Gasteiger partial charge in [-0.3, -0.25) is 9.59 Å². The summed E-state index contributed by atoms with van der Waals surface area (Å²) in [4.78, 5) is 37.1. The van der Waals surface area contributed by atoms with E-state index in [9.17, 15) is 19.5 Å². The fourth-order valence-corrected chi connectivity index (χ4v) is 6.71. The topological polar surface area (TPSA) is 99.1 Å². The Hall–Kier alpha value is -3.23. The standard InChI is InChI=1S/C52H89NO7/c1-6-8-10-12-14-16-18-20-22-23-24-25-26-27-28-29-31-33-35-37-39-41-43-51(55)60-48(46-58-45-44-49(52(56)57)53(3,4)5)47-59-50(54)42-40-38-36-34-32-30-21-19-17-15-13-11-9-7-2/h8-11,14-17,20,22,24-25,48-49H,6-7,12-13,18-19,21,23,26-47H2,1-5H3/p+1/b10-8+,11-9+,16-14+,17-15+,22-20+,25-24+. The third-order valence-electron chi connectivity index (χ3n) is 10.4. The average Bonchev–Trinajstić information content (AvgIpc) is 3.21. The molecule has 0 rings (SSSR count). The molecular formula is C52H90NO7+. The number of allylic oxidation sites excluding steroid dienone is 12. The average molecular weight is 841 g/mol. The smallest absolute Gasteiger partial charge is 0.362 e. The number of hydrogen-bond acceptors (Lipinski definition) is 6. The number of rotatable bonds is 42. The summed E-state index contributed by atoms with van der Waals surface area (Å²) in [6.07, 6.45) is 53.7.